The highest BCUT2D eigenvalue weighted by Gasteiger charge is 2.46. The second-order valence-corrected chi connectivity index (χ2v) is 6.23. The molecule has 90 valence electrons. The van der Waals surface area contributed by atoms with Crippen LogP contribution in [0.25, 0.3) is 0 Å². The van der Waals surface area contributed by atoms with Gasteiger partial charge in [-0.2, -0.15) is 0 Å². The zero-order valence-electron chi connectivity index (χ0n) is 8.16. The van der Waals surface area contributed by atoms with E-state index in [1.54, 1.807) is 12.1 Å². The second kappa shape index (κ2) is 4.88. The van der Waals surface area contributed by atoms with E-state index in [9.17, 15) is 9.59 Å². The zero-order valence-corrected chi connectivity index (χ0v) is 12.8. The molecular formula is C10H5Br2Cl2NO2. The highest BCUT2D eigenvalue weighted by molar-refractivity contribution is 9.12. The molecule has 0 bridgehead atoms. The van der Waals surface area contributed by atoms with Gasteiger partial charge in [-0.05, 0) is 18.2 Å². The minimum absolute atomic E-state index is 0.264. The van der Waals surface area contributed by atoms with E-state index in [4.69, 9.17) is 23.2 Å². The van der Waals surface area contributed by atoms with E-state index in [1.807, 2.05) is 0 Å². The molecule has 1 fully saturated rings. The Morgan fingerprint density at radius 2 is 1.59 bits per heavy atom. The third-order valence-corrected chi connectivity index (χ3v) is 5.41. The summed E-state index contributed by atoms with van der Waals surface area (Å²) in [5.74, 6) is -0.692. The maximum atomic E-state index is 11.9. The van der Waals surface area contributed by atoms with Gasteiger partial charge in [-0.1, -0.05) is 55.1 Å². The Bertz CT molecular complexity index is 489. The molecule has 0 aromatic heterocycles. The molecule has 17 heavy (non-hydrogen) atoms. The number of anilines is 1. The van der Waals surface area contributed by atoms with Gasteiger partial charge in [0.2, 0.25) is 11.8 Å². The first kappa shape index (κ1) is 13.3. The van der Waals surface area contributed by atoms with Gasteiger partial charge in [0.1, 0.15) is 9.65 Å². The van der Waals surface area contributed by atoms with Gasteiger partial charge in [-0.3, -0.25) is 9.59 Å². The number of benzene rings is 1. The standard InChI is InChI=1S/C10H5Br2Cl2NO2/c11-7-8(12)10(17)15(9(7)16)6-2-1-4(13)3-5(6)14/h1-3,7-8H. The Kier molecular flexibility index (Phi) is 3.83. The third kappa shape index (κ3) is 2.26. The van der Waals surface area contributed by atoms with Gasteiger partial charge >= 0.3 is 0 Å². The van der Waals surface area contributed by atoms with Crippen molar-refractivity contribution in [3.63, 3.8) is 0 Å². The zero-order chi connectivity index (χ0) is 12.7. The molecule has 7 heteroatoms. The topological polar surface area (TPSA) is 37.4 Å². The lowest BCUT2D eigenvalue weighted by Crippen LogP contribution is -2.31. The normalized spacial score (nSPS) is 24.6. The smallest absolute Gasteiger partial charge is 0.249 e. The molecule has 1 aromatic rings. The number of hydrogen-bond acceptors (Lipinski definition) is 2. The number of alkyl halides is 2. The molecule has 2 rings (SSSR count). The lowest BCUT2D eigenvalue weighted by Gasteiger charge is -2.15. The van der Waals surface area contributed by atoms with Crippen LogP contribution in [-0.2, 0) is 9.59 Å². The van der Waals surface area contributed by atoms with Gasteiger partial charge in [0.05, 0.1) is 10.7 Å². The van der Waals surface area contributed by atoms with E-state index in [0.29, 0.717) is 10.7 Å². The first-order valence-corrected chi connectivity index (χ1v) is 7.13. The minimum atomic E-state index is -0.582. The van der Waals surface area contributed by atoms with E-state index in [0.717, 1.165) is 4.90 Å². The van der Waals surface area contributed by atoms with E-state index in [1.165, 1.54) is 6.07 Å². The van der Waals surface area contributed by atoms with Crippen LogP contribution < -0.4 is 4.90 Å². The predicted octanol–water partition coefficient (Wildman–Crippen LogP) is 3.39. The molecule has 1 heterocycles. The van der Waals surface area contributed by atoms with Crippen molar-refractivity contribution in [1.82, 2.24) is 0 Å². The highest BCUT2D eigenvalue weighted by atomic mass is 79.9. The number of amides is 2. The molecule has 1 aliphatic heterocycles. The predicted molar refractivity (Wildman–Crippen MR) is 74.4 cm³/mol. The number of carbonyl (C=O) groups excluding carboxylic acids is 2. The second-order valence-electron chi connectivity index (χ2n) is 3.41. The monoisotopic (exact) mass is 399 g/mol. The number of rotatable bonds is 1. The fourth-order valence-electron chi connectivity index (χ4n) is 1.51. The van der Waals surface area contributed by atoms with Crippen LogP contribution in [0.4, 0.5) is 5.69 Å². The van der Waals surface area contributed by atoms with E-state index >= 15 is 0 Å². The van der Waals surface area contributed by atoms with Gasteiger partial charge in [0, 0.05) is 5.02 Å². The lowest BCUT2D eigenvalue weighted by atomic mass is 10.3. The van der Waals surface area contributed by atoms with Crippen LogP contribution in [0, 0.1) is 0 Å². The van der Waals surface area contributed by atoms with Crippen molar-refractivity contribution in [3.05, 3.63) is 28.2 Å². The van der Waals surface area contributed by atoms with Crippen LogP contribution in [0.2, 0.25) is 10.0 Å². The molecule has 1 aromatic carbocycles. The van der Waals surface area contributed by atoms with Crippen LogP contribution in [0.15, 0.2) is 18.2 Å². The van der Waals surface area contributed by atoms with Crippen LogP contribution in [0.1, 0.15) is 0 Å². The fraction of sp³-hybridized carbons (Fsp3) is 0.200. The molecule has 0 saturated carbocycles. The summed E-state index contributed by atoms with van der Waals surface area (Å²) in [5.41, 5.74) is 0.345. The number of hydrogen-bond donors (Lipinski definition) is 0. The quantitative estimate of drug-likeness (QED) is 0.534. The Balaban J connectivity index is 2.47. The molecule has 1 saturated heterocycles. The Morgan fingerprint density at radius 1 is 1.06 bits per heavy atom. The molecule has 0 aliphatic carbocycles. The highest BCUT2D eigenvalue weighted by Crippen LogP contribution is 2.35. The summed E-state index contributed by atoms with van der Waals surface area (Å²) in [5, 5.41) is 0.712. The van der Waals surface area contributed by atoms with Crippen molar-refractivity contribution in [1.29, 1.82) is 0 Å². The SMILES string of the molecule is O=C1C(Br)C(Br)C(=O)N1c1ccc(Cl)cc1Cl. The van der Waals surface area contributed by atoms with Crippen LogP contribution in [-0.4, -0.2) is 21.5 Å². The minimum Gasteiger partial charge on any atom is -0.273 e. The molecule has 3 nitrogen and oxygen atoms in total. The van der Waals surface area contributed by atoms with Gasteiger partial charge < -0.3 is 0 Å². The molecule has 2 unspecified atom stereocenters. The van der Waals surface area contributed by atoms with Crippen molar-refractivity contribution in [2.75, 3.05) is 4.90 Å². The largest absolute Gasteiger partial charge is 0.273 e. The molecule has 1 aliphatic rings. The summed E-state index contributed by atoms with van der Waals surface area (Å²) in [4.78, 5) is 23.7. The number of nitrogens with zero attached hydrogens (tertiary/aromatic N) is 1. The summed E-state index contributed by atoms with van der Waals surface area (Å²) < 4.78 is 0. The average molecular weight is 402 g/mol. The maximum absolute atomic E-state index is 11.9. The van der Waals surface area contributed by atoms with Crippen molar-refractivity contribution < 1.29 is 9.59 Å². The lowest BCUT2D eigenvalue weighted by molar-refractivity contribution is -0.121. The van der Waals surface area contributed by atoms with E-state index < -0.39 is 9.65 Å². The maximum Gasteiger partial charge on any atom is 0.249 e. The first-order valence-electron chi connectivity index (χ1n) is 4.54. The average Bonchev–Trinajstić information content (AvgIpc) is 2.45. The summed E-state index contributed by atoms with van der Waals surface area (Å²) in [6.45, 7) is 0. The molecule has 2 amide bonds. The number of carbonyl (C=O) groups is 2. The molecule has 0 N–H and O–H groups in total. The Labute approximate surface area is 124 Å². The van der Waals surface area contributed by atoms with Crippen molar-refractivity contribution in [2.45, 2.75) is 9.65 Å². The van der Waals surface area contributed by atoms with Gasteiger partial charge in [0.25, 0.3) is 0 Å². The summed E-state index contributed by atoms with van der Waals surface area (Å²) >= 11 is 18.1. The summed E-state index contributed by atoms with van der Waals surface area (Å²) in [6, 6.07) is 4.61. The van der Waals surface area contributed by atoms with Crippen molar-refractivity contribution >= 4 is 72.6 Å². The van der Waals surface area contributed by atoms with E-state index in [-0.39, 0.29) is 16.8 Å². The molecular weight excluding hydrogens is 397 g/mol. The molecule has 0 spiro atoms. The Hall–Kier alpha value is -0.100. The fourth-order valence-corrected chi connectivity index (χ4v) is 2.86. The first-order chi connectivity index (χ1) is 7.93. The van der Waals surface area contributed by atoms with Crippen molar-refractivity contribution in [2.24, 2.45) is 0 Å². The Morgan fingerprint density at radius 3 is 2.06 bits per heavy atom. The van der Waals surface area contributed by atoms with Gasteiger partial charge in [-0.25, -0.2) is 4.90 Å². The van der Waals surface area contributed by atoms with Crippen LogP contribution >= 0.6 is 55.1 Å². The van der Waals surface area contributed by atoms with Gasteiger partial charge in [0.15, 0.2) is 0 Å². The number of halogens is 4. The summed E-state index contributed by atoms with van der Waals surface area (Å²) in [7, 11) is 0. The summed E-state index contributed by atoms with van der Waals surface area (Å²) in [6.07, 6.45) is 0. The number of imide groups is 1. The molecule has 2 atom stereocenters. The molecule has 0 radical (unpaired) electrons. The third-order valence-electron chi connectivity index (χ3n) is 2.32. The van der Waals surface area contributed by atoms with Gasteiger partial charge in [-0.15, -0.1) is 0 Å². The van der Waals surface area contributed by atoms with Crippen molar-refractivity contribution in [3.8, 4) is 0 Å². The van der Waals surface area contributed by atoms with Crippen LogP contribution in [0.3, 0.4) is 0 Å². The van der Waals surface area contributed by atoms with E-state index in [2.05, 4.69) is 31.9 Å². The van der Waals surface area contributed by atoms with Crippen LogP contribution in [0.5, 0.6) is 0 Å².